The van der Waals surface area contributed by atoms with Crippen LogP contribution < -0.4 is 10.0 Å². The normalized spacial score (nSPS) is 11.1. The van der Waals surface area contributed by atoms with Gasteiger partial charge in [0.2, 0.25) is 5.91 Å². The van der Waals surface area contributed by atoms with Crippen LogP contribution in [0.15, 0.2) is 83.8 Å². The van der Waals surface area contributed by atoms with E-state index in [1.807, 2.05) is 49.4 Å². The number of hydrogen-bond acceptors (Lipinski definition) is 3. The molecule has 29 heavy (non-hydrogen) atoms. The van der Waals surface area contributed by atoms with Gasteiger partial charge < -0.3 is 5.32 Å². The second-order valence-electron chi connectivity index (χ2n) is 6.88. The van der Waals surface area contributed by atoms with Crippen molar-refractivity contribution in [3.63, 3.8) is 0 Å². The third-order valence-corrected chi connectivity index (χ3v) is 5.91. The Balaban J connectivity index is 1.52. The second-order valence-corrected chi connectivity index (χ2v) is 8.56. The first-order valence-corrected chi connectivity index (χ1v) is 10.9. The lowest BCUT2D eigenvalue weighted by Crippen LogP contribution is -2.22. The number of sulfonamides is 1. The molecule has 0 atom stereocenters. The summed E-state index contributed by atoms with van der Waals surface area (Å²) in [7, 11) is -3.64. The highest BCUT2D eigenvalue weighted by molar-refractivity contribution is 7.92. The molecular formula is C23H24N2O3S. The Morgan fingerprint density at radius 1 is 0.828 bits per heavy atom. The molecule has 0 aliphatic heterocycles. The Kier molecular flexibility index (Phi) is 6.67. The van der Waals surface area contributed by atoms with Crippen molar-refractivity contribution in [2.24, 2.45) is 0 Å². The number of aryl methyl sites for hydroxylation is 2. The third kappa shape index (κ3) is 6.19. The molecule has 0 spiro atoms. The first kappa shape index (κ1) is 20.6. The standard InChI is InChI=1S/C23H24N2O3S/c1-18-7-12-21(13-8-18)25-29(27,28)22-14-9-19(10-15-22)11-16-23(26)24-17-20-5-3-2-4-6-20/h2-10,12-15,25H,11,16-17H2,1H3,(H,24,26). The van der Waals surface area contributed by atoms with Crippen molar-refractivity contribution >= 4 is 21.6 Å². The summed E-state index contributed by atoms with van der Waals surface area (Å²) in [5.41, 5.74) is 3.55. The van der Waals surface area contributed by atoms with Gasteiger partial charge in [-0.25, -0.2) is 8.42 Å². The largest absolute Gasteiger partial charge is 0.352 e. The quantitative estimate of drug-likeness (QED) is 0.591. The molecule has 0 bridgehead atoms. The van der Waals surface area contributed by atoms with E-state index in [4.69, 9.17) is 0 Å². The number of benzene rings is 3. The van der Waals surface area contributed by atoms with Crippen molar-refractivity contribution in [3.05, 3.63) is 95.6 Å². The number of hydrogen-bond donors (Lipinski definition) is 2. The number of anilines is 1. The molecule has 5 nitrogen and oxygen atoms in total. The lowest BCUT2D eigenvalue weighted by Gasteiger charge is -2.09. The fourth-order valence-electron chi connectivity index (χ4n) is 2.81. The molecule has 0 radical (unpaired) electrons. The second kappa shape index (κ2) is 9.39. The molecule has 3 aromatic carbocycles. The summed E-state index contributed by atoms with van der Waals surface area (Å²) in [4.78, 5) is 12.2. The van der Waals surface area contributed by atoms with Gasteiger partial charge in [-0.05, 0) is 48.7 Å². The fraction of sp³-hybridized carbons (Fsp3) is 0.174. The minimum Gasteiger partial charge on any atom is -0.352 e. The van der Waals surface area contributed by atoms with Crippen molar-refractivity contribution in [1.29, 1.82) is 0 Å². The molecule has 1 amide bonds. The van der Waals surface area contributed by atoms with Crippen LogP contribution in [0.25, 0.3) is 0 Å². The zero-order valence-corrected chi connectivity index (χ0v) is 17.1. The Hall–Kier alpha value is -3.12. The number of amides is 1. The van der Waals surface area contributed by atoms with Crippen molar-refractivity contribution in [1.82, 2.24) is 5.32 Å². The van der Waals surface area contributed by atoms with Crippen LogP contribution in [0.5, 0.6) is 0 Å². The summed E-state index contributed by atoms with van der Waals surface area (Å²) in [5.74, 6) is -0.0356. The fourth-order valence-corrected chi connectivity index (χ4v) is 3.87. The molecule has 0 heterocycles. The topological polar surface area (TPSA) is 75.3 Å². The Morgan fingerprint density at radius 3 is 2.14 bits per heavy atom. The van der Waals surface area contributed by atoms with E-state index in [1.54, 1.807) is 36.4 Å². The molecule has 0 unspecified atom stereocenters. The zero-order valence-electron chi connectivity index (χ0n) is 16.3. The highest BCUT2D eigenvalue weighted by Gasteiger charge is 2.14. The van der Waals surface area contributed by atoms with Crippen LogP contribution in [-0.2, 0) is 27.8 Å². The molecule has 3 aromatic rings. The summed E-state index contributed by atoms with van der Waals surface area (Å²) in [6, 6.07) is 23.5. The van der Waals surface area contributed by atoms with Crippen LogP contribution in [0, 0.1) is 6.92 Å². The summed E-state index contributed by atoms with van der Waals surface area (Å²) >= 11 is 0. The van der Waals surface area contributed by atoms with E-state index in [2.05, 4.69) is 10.0 Å². The molecule has 6 heteroatoms. The molecule has 0 aliphatic carbocycles. The van der Waals surface area contributed by atoms with Gasteiger partial charge in [0.1, 0.15) is 0 Å². The number of carbonyl (C=O) groups is 1. The molecule has 0 saturated carbocycles. The van der Waals surface area contributed by atoms with Gasteiger partial charge in [-0.2, -0.15) is 0 Å². The van der Waals surface area contributed by atoms with Gasteiger partial charge in [-0.1, -0.05) is 60.2 Å². The van der Waals surface area contributed by atoms with E-state index >= 15 is 0 Å². The van der Waals surface area contributed by atoms with E-state index in [0.717, 1.165) is 16.7 Å². The molecule has 0 aromatic heterocycles. The summed E-state index contributed by atoms with van der Waals surface area (Å²) in [5, 5.41) is 2.89. The van der Waals surface area contributed by atoms with Crippen molar-refractivity contribution in [3.8, 4) is 0 Å². The number of nitrogens with one attached hydrogen (secondary N) is 2. The van der Waals surface area contributed by atoms with E-state index in [9.17, 15) is 13.2 Å². The monoisotopic (exact) mass is 408 g/mol. The van der Waals surface area contributed by atoms with Gasteiger partial charge in [0.05, 0.1) is 4.90 Å². The number of carbonyl (C=O) groups excluding carboxylic acids is 1. The predicted molar refractivity (Wildman–Crippen MR) is 115 cm³/mol. The van der Waals surface area contributed by atoms with Crippen molar-refractivity contribution in [2.75, 3.05) is 4.72 Å². The van der Waals surface area contributed by atoms with Gasteiger partial charge >= 0.3 is 0 Å². The molecule has 0 fully saturated rings. The minimum absolute atomic E-state index is 0.0356. The van der Waals surface area contributed by atoms with Crippen molar-refractivity contribution in [2.45, 2.75) is 31.2 Å². The van der Waals surface area contributed by atoms with Gasteiger partial charge in [0, 0.05) is 18.7 Å². The maximum atomic E-state index is 12.5. The van der Waals surface area contributed by atoms with Crippen LogP contribution in [0.4, 0.5) is 5.69 Å². The lowest BCUT2D eigenvalue weighted by molar-refractivity contribution is -0.121. The Morgan fingerprint density at radius 2 is 1.48 bits per heavy atom. The van der Waals surface area contributed by atoms with Crippen molar-refractivity contribution < 1.29 is 13.2 Å². The molecule has 3 rings (SSSR count). The Bertz CT molecular complexity index is 1050. The van der Waals surface area contributed by atoms with Crippen LogP contribution in [0.1, 0.15) is 23.1 Å². The molecule has 2 N–H and O–H groups in total. The smallest absolute Gasteiger partial charge is 0.261 e. The van der Waals surface area contributed by atoms with Crippen LogP contribution in [0.3, 0.4) is 0 Å². The molecule has 0 aliphatic rings. The van der Waals surface area contributed by atoms with Gasteiger partial charge in [0.15, 0.2) is 0 Å². The molecule has 150 valence electrons. The average Bonchev–Trinajstić information content (AvgIpc) is 2.73. The average molecular weight is 409 g/mol. The number of rotatable bonds is 8. The lowest BCUT2D eigenvalue weighted by atomic mass is 10.1. The molecular weight excluding hydrogens is 384 g/mol. The molecule has 0 saturated heterocycles. The van der Waals surface area contributed by atoms with E-state index < -0.39 is 10.0 Å². The highest BCUT2D eigenvalue weighted by Crippen LogP contribution is 2.17. The summed E-state index contributed by atoms with van der Waals surface area (Å²) in [6.45, 7) is 2.44. The first-order chi connectivity index (χ1) is 13.9. The SMILES string of the molecule is Cc1ccc(NS(=O)(=O)c2ccc(CCC(=O)NCc3ccccc3)cc2)cc1. The minimum atomic E-state index is -3.64. The van der Waals surface area contributed by atoms with E-state index in [1.165, 1.54) is 0 Å². The van der Waals surface area contributed by atoms with Crippen LogP contribution in [0.2, 0.25) is 0 Å². The summed E-state index contributed by atoms with van der Waals surface area (Å²) < 4.78 is 27.6. The maximum absolute atomic E-state index is 12.5. The summed E-state index contributed by atoms with van der Waals surface area (Å²) in [6.07, 6.45) is 0.896. The maximum Gasteiger partial charge on any atom is 0.261 e. The van der Waals surface area contributed by atoms with E-state index in [-0.39, 0.29) is 10.8 Å². The van der Waals surface area contributed by atoms with Crippen LogP contribution in [-0.4, -0.2) is 14.3 Å². The van der Waals surface area contributed by atoms with Gasteiger partial charge in [-0.3, -0.25) is 9.52 Å². The van der Waals surface area contributed by atoms with Crippen LogP contribution >= 0.6 is 0 Å². The predicted octanol–water partition coefficient (Wildman–Crippen LogP) is 4.04. The van der Waals surface area contributed by atoms with Gasteiger partial charge in [0.25, 0.3) is 10.0 Å². The van der Waals surface area contributed by atoms with Gasteiger partial charge in [-0.15, -0.1) is 0 Å². The first-order valence-electron chi connectivity index (χ1n) is 9.41. The third-order valence-electron chi connectivity index (χ3n) is 4.51. The zero-order chi connectivity index (χ0) is 20.7. The van der Waals surface area contributed by atoms with E-state index in [0.29, 0.717) is 25.1 Å². The Labute approximate surface area is 171 Å². The highest BCUT2D eigenvalue weighted by atomic mass is 32.2.